The van der Waals surface area contributed by atoms with Gasteiger partial charge in [-0.15, -0.1) is 0 Å². The highest BCUT2D eigenvalue weighted by molar-refractivity contribution is 5.81. The van der Waals surface area contributed by atoms with Crippen molar-refractivity contribution >= 4 is 12.0 Å². The molecule has 29 heavy (non-hydrogen) atoms. The molecular formula is C25H27FN2O. The number of hydrogen-bond donors (Lipinski definition) is 1. The summed E-state index contributed by atoms with van der Waals surface area (Å²) in [5.41, 5.74) is 2.66. The monoisotopic (exact) mass is 390 g/mol. The third-order valence-corrected chi connectivity index (χ3v) is 7.31. The molecule has 5 atom stereocenters. The topological polar surface area (TPSA) is 42.0 Å². The lowest BCUT2D eigenvalue weighted by molar-refractivity contribution is -0.125. The fraction of sp³-hybridized carbons (Fsp3) is 0.440. The third kappa shape index (κ3) is 3.61. The second-order valence-corrected chi connectivity index (χ2v) is 8.88. The Balaban J connectivity index is 1.37. The van der Waals surface area contributed by atoms with Crippen LogP contribution in [0.1, 0.15) is 37.8 Å². The maximum absolute atomic E-state index is 13.5. The van der Waals surface area contributed by atoms with Crippen molar-refractivity contribution in [2.75, 3.05) is 6.54 Å². The van der Waals surface area contributed by atoms with Gasteiger partial charge in [-0.2, -0.15) is 0 Å². The summed E-state index contributed by atoms with van der Waals surface area (Å²) in [7, 11) is 0. The van der Waals surface area contributed by atoms with Crippen LogP contribution >= 0.6 is 0 Å². The van der Waals surface area contributed by atoms with Gasteiger partial charge in [-0.05, 0) is 66.4 Å². The Bertz CT molecular complexity index is 923. The smallest absolute Gasteiger partial charge is 0.223 e. The Morgan fingerprint density at radius 2 is 1.97 bits per heavy atom. The van der Waals surface area contributed by atoms with Crippen LogP contribution < -0.4 is 5.32 Å². The summed E-state index contributed by atoms with van der Waals surface area (Å²) in [5.74, 6) is 2.46. The van der Waals surface area contributed by atoms with Gasteiger partial charge < -0.3 is 5.32 Å². The molecule has 1 saturated heterocycles. The number of carbonyl (C=O) groups excluding carboxylic acids is 1. The number of rotatable bonds is 3. The lowest BCUT2D eigenvalue weighted by Gasteiger charge is -2.45. The molecule has 1 aromatic heterocycles. The van der Waals surface area contributed by atoms with Crippen molar-refractivity contribution in [3.05, 3.63) is 60.2 Å². The van der Waals surface area contributed by atoms with E-state index in [0.29, 0.717) is 23.7 Å². The van der Waals surface area contributed by atoms with E-state index >= 15 is 0 Å². The number of aromatic nitrogens is 1. The third-order valence-electron chi connectivity index (χ3n) is 7.31. The molecule has 0 spiro atoms. The molecule has 2 aromatic rings. The summed E-state index contributed by atoms with van der Waals surface area (Å²) in [4.78, 5) is 16.9. The van der Waals surface area contributed by atoms with E-state index in [2.05, 4.69) is 22.5 Å². The van der Waals surface area contributed by atoms with Crippen molar-refractivity contribution in [1.29, 1.82) is 0 Å². The summed E-state index contributed by atoms with van der Waals surface area (Å²) in [6.45, 7) is 0.813. The molecule has 4 heteroatoms. The molecule has 0 radical (unpaired) electrons. The van der Waals surface area contributed by atoms with E-state index in [9.17, 15) is 9.18 Å². The standard InChI is InChI=1S/C25H27FN2O/c26-19-6-3-5-16(12-19)18-8-9-20(27-14-18)10-11-22-21-7-2-1-4-17(21)13-23-24(22)15-28-25(23)29/h3,5-6,8-12,14,17,21-24H,1-2,4,7,13,15H2,(H,28,29)/b11-10+. The highest BCUT2D eigenvalue weighted by Crippen LogP contribution is 2.50. The zero-order valence-electron chi connectivity index (χ0n) is 16.6. The molecule has 0 bridgehead atoms. The van der Waals surface area contributed by atoms with Crippen LogP contribution in [0.5, 0.6) is 0 Å². The van der Waals surface area contributed by atoms with Crippen LogP contribution in [0.3, 0.4) is 0 Å². The van der Waals surface area contributed by atoms with E-state index in [1.165, 1.54) is 37.8 Å². The van der Waals surface area contributed by atoms with E-state index in [1.807, 2.05) is 24.4 Å². The van der Waals surface area contributed by atoms with Gasteiger partial charge in [-0.1, -0.05) is 43.5 Å². The number of allylic oxidation sites excluding steroid dienone is 1. The van der Waals surface area contributed by atoms with Gasteiger partial charge in [-0.3, -0.25) is 9.78 Å². The Kier molecular flexibility index (Phi) is 4.94. The lowest BCUT2D eigenvalue weighted by Crippen LogP contribution is -2.41. The first kappa shape index (κ1) is 18.5. The number of pyridine rings is 1. The van der Waals surface area contributed by atoms with Gasteiger partial charge >= 0.3 is 0 Å². The van der Waals surface area contributed by atoms with E-state index in [0.717, 1.165) is 29.8 Å². The highest BCUT2D eigenvalue weighted by Gasteiger charge is 2.49. The largest absolute Gasteiger partial charge is 0.356 e. The van der Waals surface area contributed by atoms with Crippen molar-refractivity contribution < 1.29 is 9.18 Å². The Labute approximate surface area is 171 Å². The molecule has 5 unspecified atom stereocenters. The van der Waals surface area contributed by atoms with Crippen LogP contribution in [-0.4, -0.2) is 17.4 Å². The average Bonchev–Trinajstić information content (AvgIpc) is 3.12. The summed E-state index contributed by atoms with van der Waals surface area (Å²) in [6.07, 6.45) is 12.5. The highest BCUT2D eigenvalue weighted by atomic mass is 19.1. The Hall–Kier alpha value is -2.49. The number of nitrogens with one attached hydrogen (secondary N) is 1. The van der Waals surface area contributed by atoms with Crippen LogP contribution in [0, 0.1) is 35.4 Å². The first-order valence-electron chi connectivity index (χ1n) is 10.9. The summed E-state index contributed by atoms with van der Waals surface area (Å²) >= 11 is 0. The number of hydrogen-bond acceptors (Lipinski definition) is 2. The molecule has 3 fully saturated rings. The Morgan fingerprint density at radius 3 is 2.79 bits per heavy atom. The zero-order chi connectivity index (χ0) is 19.8. The number of fused-ring (bicyclic) bond motifs is 2. The molecule has 3 aliphatic rings. The molecule has 1 aliphatic heterocycles. The molecular weight excluding hydrogens is 363 g/mol. The molecule has 150 valence electrons. The zero-order valence-corrected chi connectivity index (χ0v) is 16.6. The maximum atomic E-state index is 13.5. The summed E-state index contributed by atoms with van der Waals surface area (Å²) < 4.78 is 13.5. The van der Waals surface area contributed by atoms with Gasteiger partial charge in [0.25, 0.3) is 0 Å². The first-order chi connectivity index (χ1) is 14.2. The van der Waals surface area contributed by atoms with Gasteiger partial charge in [0.15, 0.2) is 0 Å². The maximum Gasteiger partial charge on any atom is 0.223 e. The molecule has 1 aromatic carbocycles. The molecule has 3 nitrogen and oxygen atoms in total. The summed E-state index contributed by atoms with van der Waals surface area (Å²) in [5, 5.41) is 3.11. The number of nitrogens with zero attached hydrogens (tertiary/aromatic N) is 1. The van der Waals surface area contributed by atoms with Gasteiger partial charge in [0, 0.05) is 24.2 Å². The van der Waals surface area contributed by atoms with Crippen LogP contribution in [0.4, 0.5) is 4.39 Å². The van der Waals surface area contributed by atoms with E-state index in [-0.39, 0.29) is 17.6 Å². The van der Waals surface area contributed by atoms with Crippen LogP contribution in [0.2, 0.25) is 0 Å². The fourth-order valence-electron chi connectivity index (χ4n) is 5.89. The normalized spacial score (nSPS) is 31.3. The minimum absolute atomic E-state index is 0.187. The molecule has 2 saturated carbocycles. The van der Waals surface area contributed by atoms with Crippen molar-refractivity contribution in [3.63, 3.8) is 0 Å². The van der Waals surface area contributed by atoms with E-state index in [1.54, 1.807) is 6.07 Å². The van der Waals surface area contributed by atoms with Crippen molar-refractivity contribution in [3.8, 4) is 11.1 Å². The van der Waals surface area contributed by atoms with Gasteiger partial charge in [0.05, 0.1) is 5.69 Å². The average molecular weight is 391 g/mol. The van der Waals surface area contributed by atoms with E-state index in [4.69, 9.17) is 0 Å². The molecule has 2 heterocycles. The minimum atomic E-state index is -0.236. The van der Waals surface area contributed by atoms with Crippen LogP contribution in [-0.2, 0) is 4.79 Å². The van der Waals surface area contributed by atoms with Crippen molar-refractivity contribution in [2.24, 2.45) is 29.6 Å². The number of halogens is 1. The van der Waals surface area contributed by atoms with Crippen LogP contribution in [0.25, 0.3) is 17.2 Å². The lowest BCUT2D eigenvalue weighted by atomic mass is 9.58. The Morgan fingerprint density at radius 1 is 1.07 bits per heavy atom. The van der Waals surface area contributed by atoms with E-state index < -0.39 is 0 Å². The minimum Gasteiger partial charge on any atom is -0.356 e. The van der Waals surface area contributed by atoms with Crippen molar-refractivity contribution in [2.45, 2.75) is 32.1 Å². The van der Waals surface area contributed by atoms with Crippen molar-refractivity contribution in [1.82, 2.24) is 10.3 Å². The predicted octanol–water partition coefficient (Wildman–Crippen LogP) is 5.09. The molecule has 2 aliphatic carbocycles. The van der Waals surface area contributed by atoms with Gasteiger partial charge in [0.1, 0.15) is 5.82 Å². The second kappa shape index (κ2) is 7.74. The molecule has 1 N–H and O–H groups in total. The summed E-state index contributed by atoms with van der Waals surface area (Å²) in [6, 6.07) is 10.6. The number of carbonyl (C=O) groups is 1. The number of benzene rings is 1. The van der Waals surface area contributed by atoms with Crippen LogP contribution in [0.15, 0.2) is 48.7 Å². The SMILES string of the molecule is O=C1NCC2C1CC1CCCCC1C2/C=C/c1ccc(-c2cccc(F)c2)cn1. The molecule has 1 amide bonds. The second-order valence-electron chi connectivity index (χ2n) is 8.88. The fourth-order valence-corrected chi connectivity index (χ4v) is 5.89. The van der Waals surface area contributed by atoms with Gasteiger partial charge in [0.2, 0.25) is 5.91 Å². The molecule has 5 rings (SSSR count). The number of amides is 1. The van der Waals surface area contributed by atoms with Gasteiger partial charge in [-0.25, -0.2) is 4.39 Å². The first-order valence-corrected chi connectivity index (χ1v) is 10.9. The predicted molar refractivity (Wildman–Crippen MR) is 112 cm³/mol. The quantitative estimate of drug-likeness (QED) is 0.793.